The molecular weight excluding hydrogens is 416 g/mol. The fourth-order valence-corrected chi connectivity index (χ4v) is 2.96. The first-order chi connectivity index (χ1) is 12.8. The maximum atomic E-state index is 13.0. The third-order valence-corrected chi connectivity index (χ3v) is 4.49. The van der Waals surface area contributed by atoms with Crippen LogP contribution in [0.3, 0.4) is 0 Å². The standard InChI is InChI=1S/C17H15BrN6O3/c1-9-5-3-4-6-11(9)16(25)12-8-20-14(18)7-13(12)21-17-15(24(26)27)10(2)23(19)22-17/h3-8H,19H2,1-2H3,(H,20,21,22). The zero-order chi connectivity index (χ0) is 19.7. The quantitative estimate of drug-likeness (QED) is 0.209. The molecule has 0 spiro atoms. The van der Waals surface area contributed by atoms with Crippen LogP contribution in [0, 0.1) is 24.0 Å². The van der Waals surface area contributed by atoms with E-state index in [1.807, 2.05) is 19.1 Å². The fourth-order valence-electron chi connectivity index (χ4n) is 2.63. The summed E-state index contributed by atoms with van der Waals surface area (Å²) in [7, 11) is 0. The molecule has 138 valence electrons. The molecule has 0 aliphatic carbocycles. The lowest BCUT2D eigenvalue weighted by Crippen LogP contribution is -2.12. The highest BCUT2D eigenvalue weighted by Gasteiger charge is 2.26. The summed E-state index contributed by atoms with van der Waals surface area (Å²) in [6.45, 7) is 3.31. The van der Waals surface area contributed by atoms with Gasteiger partial charge in [0.15, 0.2) is 5.78 Å². The highest BCUT2D eigenvalue weighted by molar-refractivity contribution is 9.10. The highest BCUT2D eigenvalue weighted by atomic mass is 79.9. The van der Waals surface area contributed by atoms with E-state index < -0.39 is 4.92 Å². The molecule has 1 aromatic carbocycles. The Balaban J connectivity index is 2.09. The Bertz CT molecular complexity index is 1060. The number of carbonyl (C=O) groups is 1. The second kappa shape index (κ2) is 7.16. The normalized spacial score (nSPS) is 10.6. The van der Waals surface area contributed by atoms with Gasteiger partial charge in [0.05, 0.1) is 16.2 Å². The first-order valence-electron chi connectivity index (χ1n) is 7.81. The largest absolute Gasteiger partial charge is 0.336 e. The Labute approximate surface area is 162 Å². The van der Waals surface area contributed by atoms with Gasteiger partial charge in [0, 0.05) is 11.8 Å². The molecule has 10 heteroatoms. The molecular formula is C17H15BrN6O3. The molecule has 2 aromatic heterocycles. The molecule has 0 atom stereocenters. The van der Waals surface area contributed by atoms with Crippen molar-refractivity contribution < 1.29 is 9.72 Å². The molecule has 2 heterocycles. The number of nitrogens with zero attached hydrogens (tertiary/aromatic N) is 4. The van der Waals surface area contributed by atoms with Crippen LogP contribution in [-0.2, 0) is 0 Å². The summed E-state index contributed by atoms with van der Waals surface area (Å²) >= 11 is 3.25. The van der Waals surface area contributed by atoms with Gasteiger partial charge in [0.25, 0.3) is 0 Å². The van der Waals surface area contributed by atoms with Gasteiger partial charge in [-0.3, -0.25) is 14.9 Å². The van der Waals surface area contributed by atoms with Gasteiger partial charge in [0.1, 0.15) is 10.3 Å². The van der Waals surface area contributed by atoms with Crippen LogP contribution in [0.5, 0.6) is 0 Å². The lowest BCUT2D eigenvalue weighted by Gasteiger charge is -2.11. The van der Waals surface area contributed by atoms with E-state index in [1.54, 1.807) is 18.2 Å². The van der Waals surface area contributed by atoms with E-state index in [0.29, 0.717) is 15.9 Å². The van der Waals surface area contributed by atoms with Crippen molar-refractivity contribution in [2.75, 3.05) is 11.2 Å². The van der Waals surface area contributed by atoms with Crippen LogP contribution in [-0.4, -0.2) is 25.6 Å². The summed E-state index contributed by atoms with van der Waals surface area (Å²) in [5.41, 5.74) is 1.82. The van der Waals surface area contributed by atoms with E-state index in [-0.39, 0.29) is 28.5 Å². The number of hydrogen-bond donors (Lipinski definition) is 2. The monoisotopic (exact) mass is 430 g/mol. The summed E-state index contributed by atoms with van der Waals surface area (Å²) in [4.78, 5) is 28.8. The number of anilines is 2. The van der Waals surface area contributed by atoms with E-state index in [4.69, 9.17) is 5.84 Å². The smallest absolute Gasteiger partial charge is 0.332 e. The van der Waals surface area contributed by atoms with Gasteiger partial charge in [-0.1, -0.05) is 24.3 Å². The van der Waals surface area contributed by atoms with E-state index in [9.17, 15) is 14.9 Å². The molecule has 27 heavy (non-hydrogen) atoms. The van der Waals surface area contributed by atoms with Crippen LogP contribution in [0.1, 0.15) is 27.2 Å². The molecule has 9 nitrogen and oxygen atoms in total. The van der Waals surface area contributed by atoms with Crippen LogP contribution in [0.4, 0.5) is 17.2 Å². The second-order valence-corrected chi connectivity index (χ2v) is 6.62. The Hall–Kier alpha value is -3.27. The van der Waals surface area contributed by atoms with Gasteiger partial charge in [-0.25, -0.2) is 4.98 Å². The number of aromatic nitrogens is 3. The van der Waals surface area contributed by atoms with Crippen molar-refractivity contribution in [3.63, 3.8) is 0 Å². The number of ketones is 1. The summed E-state index contributed by atoms with van der Waals surface area (Å²) in [6, 6.07) is 8.71. The summed E-state index contributed by atoms with van der Waals surface area (Å²) in [5, 5.41) is 18.2. The molecule has 3 rings (SSSR count). The number of halogens is 1. The molecule has 0 aliphatic rings. The third-order valence-electron chi connectivity index (χ3n) is 4.06. The Morgan fingerprint density at radius 2 is 2.00 bits per heavy atom. The number of nitrogen functional groups attached to an aromatic ring is 1. The number of benzene rings is 1. The Morgan fingerprint density at radius 3 is 2.67 bits per heavy atom. The predicted octanol–water partition coefficient (Wildman–Crippen LogP) is 3.25. The molecule has 0 saturated carbocycles. The summed E-state index contributed by atoms with van der Waals surface area (Å²) < 4.78 is 0.456. The number of nitrogens with two attached hydrogens (primary N) is 1. The summed E-state index contributed by atoms with van der Waals surface area (Å²) in [5.74, 6) is 5.32. The Kier molecular flexibility index (Phi) is 4.91. The van der Waals surface area contributed by atoms with Gasteiger partial charge in [0.2, 0.25) is 5.82 Å². The average Bonchev–Trinajstić information content (AvgIpc) is 2.89. The number of rotatable bonds is 5. The zero-order valence-electron chi connectivity index (χ0n) is 14.4. The van der Waals surface area contributed by atoms with Gasteiger partial charge in [-0.2, -0.15) is 4.79 Å². The first-order valence-corrected chi connectivity index (χ1v) is 8.61. The van der Waals surface area contributed by atoms with Crippen molar-refractivity contribution in [1.82, 2.24) is 14.9 Å². The predicted molar refractivity (Wildman–Crippen MR) is 104 cm³/mol. The molecule has 0 aliphatic heterocycles. The lowest BCUT2D eigenvalue weighted by molar-refractivity contribution is -0.384. The van der Waals surface area contributed by atoms with Crippen LogP contribution >= 0.6 is 15.9 Å². The first kappa shape index (κ1) is 18.5. The molecule has 0 saturated heterocycles. The topological polar surface area (TPSA) is 129 Å². The SMILES string of the molecule is Cc1ccccc1C(=O)c1cnc(Br)cc1Nc1nn(N)c(C)c1[N+](=O)[O-]. The van der Waals surface area contributed by atoms with Crippen molar-refractivity contribution in [3.05, 3.63) is 73.6 Å². The lowest BCUT2D eigenvalue weighted by atomic mass is 9.99. The third kappa shape index (κ3) is 3.51. The summed E-state index contributed by atoms with van der Waals surface area (Å²) in [6.07, 6.45) is 1.40. The number of nitrogens with one attached hydrogen (secondary N) is 1. The number of aryl methyl sites for hydroxylation is 1. The van der Waals surface area contributed by atoms with Crippen molar-refractivity contribution in [1.29, 1.82) is 0 Å². The molecule has 0 unspecified atom stereocenters. The van der Waals surface area contributed by atoms with Crippen LogP contribution in [0.15, 0.2) is 41.1 Å². The van der Waals surface area contributed by atoms with E-state index >= 15 is 0 Å². The minimum atomic E-state index is -0.576. The van der Waals surface area contributed by atoms with Gasteiger partial charge >= 0.3 is 5.69 Å². The van der Waals surface area contributed by atoms with E-state index in [1.165, 1.54) is 13.1 Å². The van der Waals surface area contributed by atoms with E-state index in [2.05, 4.69) is 31.3 Å². The van der Waals surface area contributed by atoms with Crippen LogP contribution in [0.25, 0.3) is 0 Å². The van der Waals surface area contributed by atoms with Crippen molar-refractivity contribution >= 4 is 38.9 Å². The van der Waals surface area contributed by atoms with Crippen molar-refractivity contribution in [3.8, 4) is 0 Å². The van der Waals surface area contributed by atoms with Crippen LogP contribution < -0.4 is 11.2 Å². The average molecular weight is 431 g/mol. The fraction of sp³-hybridized carbons (Fsp3) is 0.118. The number of hydrogen-bond acceptors (Lipinski definition) is 7. The maximum absolute atomic E-state index is 13.0. The second-order valence-electron chi connectivity index (χ2n) is 5.81. The molecule has 3 N–H and O–H groups in total. The minimum absolute atomic E-state index is 0.0584. The number of carbonyl (C=O) groups excluding carboxylic acids is 1. The molecule has 3 aromatic rings. The minimum Gasteiger partial charge on any atom is -0.332 e. The molecule has 0 radical (unpaired) electrons. The van der Waals surface area contributed by atoms with Gasteiger partial charge < -0.3 is 11.2 Å². The molecule has 0 bridgehead atoms. The number of pyridine rings is 1. The molecule has 0 amide bonds. The zero-order valence-corrected chi connectivity index (χ0v) is 16.0. The number of nitro groups is 1. The Morgan fingerprint density at radius 1 is 1.30 bits per heavy atom. The maximum Gasteiger partial charge on any atom is 0.336 e. The van der Waals surface area contributed by atoms with Crippen molar-refractivity contribution in [2.45, 2.75) is 13.8 Å². The highest BCUT2D eigenvalue weighted by Crippen LogP contribution is 2.32. The van der Waals surface area contributed by atoms with E-state index in [0.717, 1.165) is 10.4 Å². The van der Waals surface area contributed by atoms with Crippen LogP contribution in [0.2, 0.25) is 0 Å². The van der Waals surface area contributed by atoms with Crippen molar-refractivity contribution in [2.24, 2.45) is 0 Å². The molecule has 0 fully saturated rings. The van der Waals surface area contributed by atoms with Gasteiger partial charge in [-0.15, -0.1) is 5.10 Å². The van der Waals surface area contributed by atoms with Gasteiger partial charge in [-0.05, 0) is 41.4 Å².